The van der Waals surface area contributed by atoms with Crippen molar-refractivity contribution in [1.82, 2.24) is 0 Å². The molecular formula is C12H12F2O2. The minimum atomic E-state index is -3.67. The van der Waals surface area contributed by atoms with E-state index < -0.39 is 18.3 Å². The monoisotopic (exact) mass is 226 g/mol. The van der Waals surface area contributed by atoms with Gasteiger partial charge in [-0.1, -0.05) is 18.2 Å². The molecular weight excluding hydrogens is 214 g/mol. The number of carboxylic acid groups (broad SMARTS) is 1. The summed E-state index contributed by atoms with van der Waals surface area (Å²) in [7, 11) is 0. The lowest BCUT2D eigenvalue weighted by Crippen LogP contribution is -2.30. The van der Waals surface area contributed by atoms with Crippen LogP contribution in [0.3, 0.4) is 0 Å². The fourth-order valence-electron chi connectivity index (χ4n) is 2.07. The Balaban J connectivity index is 2.20. The Kier molecular flexibility index (Phi) is 2.66. The van der Waals surface area contributed by atoms with Crippen LogP contribution in [0, 0.1) is 0 Å². The Hall–Kier alpha value is -1.45. The zero-order chi connectivity index (χ0) is 11.8. The van der Waals surface area contributed by atoms with Gasteiger partial charge in [-0.2, -0.15) is 8.78 Å². The number of carboxylic acids is 1. The first-order valence-electron chi connectivity index (χ1n) is 5.21. The van der Waals surface area contributed by atoms with Crippen LogP contribution in [0.25, 0.3) is 0 Å². The summed E-state index contributed by atoms with van der Waals surface area (Å²) in [6.07, 6.45) is 2.22. The van der Waals surface area contributed by atoms with Crippen LogP contribution >= 0.6 is 0 Å². The molecule has 0 spiro atoms. The second kappa shape index (κ2) is 3.85. The molecule has 0 unspecified atom stereocenters. The zero-order valence-electron chi connectivity index (χ0n) is 8.67. The second-order valence-corrected chi connectivity index (χ2v) is 4.14. The lowest BCUT2D eigenvalue weighted by atomic mass is 10.0. The number of halogens is 2. The van der Waals surface area contributed by atoms with Gasteiger partial charge in [-0.05, 0) is 36.0 Å². The number of alkyl halides is 2. The van der Waals surface area contributed by atoms with Crippen molar-refractivity contribution < 1.29 is 18.7 Å². The van der Waals surface area contributed by atoms with Crippen molar-refractivity contribution in [2.45, 2.75) is 31.6 Å². The van der Waals surface area contributed by atoms with E-state index in [1.165, 1.54) is 5.56 Å². The summed E-state index contributed by atoms with van der Waals surface area (Å²) in [5.74, 6) is -5.74. The van der Waals surface area contributed by atoms with Gasteiger partial charge in [-0.25, -0.2) is 4.79 Å². The molecule has 86 valence electrons. The first-order chi connectivity index (χ1) is 7.49. The van der Waals surface area contributed by atoms with Crippen LogP contribution in [0.5, 0.6) is 0 Å². The first-order valence-corrected chi connectivity index (χ1v) is 5.21. The van der Waals surface area contributed by atoms with Gasteiger partial charge in [0.15, 0.2) is 0 Å². The molecule has 1 aromatic carbocycles. The third-order valence-corrected chi connectivity index (χ3v) is 2.90. The topological polar surface area (TPSA) is 37.3 Å². The molecule has 0 fully saturated rings. The average Bonchev–Trinajstić information content (AvgIpc) is 2.63. The van der Waals surface area contributed by atoms with Gasteiger partial charge in [0, 0.05) is 6.42 Å². The Labute approximate surface area is 91.9 Å². The number of hydrogen-bond acceptors (Lipinski definition) is 1. The molecule has 1 aromatic rings. The Morgan fingerprint density at radius 2 is 2.00 bits per heavy atom. The van der Waals surface area contributed by atoms with E-state index >= 15 is 0 Å². The van der Waals surface area contributed by atoms with E-state index in [2.05, 4.69) is 0 Å². The number of rotatable bonds is 3. The van der Waals surface area contributed by atoms with Gasteiger partial charge in [0.05, 0.1) is 0 Å². The molecule has 0 bridgehead atoms. The minimum Gasteiger partial charge on any atom is -0.477 e. The highest BCUT2D eigenvalue weighted by molar-refractivity contribution is 5.75. The molecule has 0 atom stereocenters. The molecule has 0 radical (unpaired) electrons. The highest BCUT2D eigenvalue weighted by Crippen LogP contribution is 2.26. The number of hydrogen-bond donors (Lipinski definition) is 1. The number of aryl methyl sites for hydroxylation is 2. The molecule has 1 N–H and O–H groups in total. The summed E-state index contributed by atoms with van der Waals surface area (Å²) in [5, 5.41) is 8.35. The first kappa shape index (κ1) is 11.0. The number of benzene rings is 1. The molecule has 0 aliphatic heterocycles. The zero-order valence-corrected chi connectivity index (χ0v) is 8.67. The lowest BCUT2D eigenvalue weighted by Gasteiger charge is -2.11. The van der Waals surface area contributed by atoms with Crippen LogP contribution in [-0.4, -0.2) is 17.0 Å². The van der Waals surface area contributed by atoms with Gasteiger partial charge in [-0.3, -0.25) is 0 Å². The molecule has 2 rings (SSSR count). The highest BCUT2D eigenvalue weighted by Gasteiger charge is 2.38. The van der Waals surface area contributed by atoms with Crippen molar-refractivity contribution in [3.8, 4) is 0 Å². The lowest BCUT2D eigenvalue weighted by molar-refractivity contribution is -0.164. The smallest absolute Gasteiger partial charge is 0.374 e. The summed E-state index contributed by atoms with van der Waals surface area (Å²) in [6.45, 7) is 0. The molecule has 16 heavy (non-hydrogen) atoms. The highest BCUT2D eigenvalue weighted by atomic mass is 19.3. The van der Waals surface area contributed by atoms with Gasteiger partial charge < -0.3 is 5.11 Å². The maximum atomic E-state index is 13.0. The quantitative estimate of drug-likeness (QED) is 0.859. The third kappa shape index (κ3) is 2.05. The third-order valence-electron chi connectivity index (χ3n) is 2.90. The van der Waals surface area contributed by atoms with Crippen LogP contribution in [0.2, 0.25) is 0 Å². The second-order valence-electron chi connectivity index (χ2n) is 4.14. The molecule has 1 aliphatic rings. The minimum absolute atomic E-state index is 0.396. The summed E-state index contributed by atoms with van der Waals surface area (Å²) in [6, 6.07) is 5.13. The molecule has 0 aromatic heterocycles. The van der Waals surface area contributed by atoms with E-state index in [1.807, 2.05) is 6.07 Å². The number of fused-ring (bicyclic) bond motifs is 1. The normalized spacial score (nSPS) is 14.9. The van der Waals surface area contributed by atoms with Crippen LogP contribution in [-0.2, 0) is 24.1 Å². The van der Waals surface area contributed by atoms with Crippen molar-refractivity contribution >= 4 is 5.97 Å². The molecule has 0 saturated heterocycles. The molecule has 0 amide bonds. The predicted molar refractivity (Wildman–Crippen MR) is 54.8 cm³/mol. The van der Waals surface area contributed by atoms with Gasteiger partial charge in [0.1, 0.15) is 0 Å². The van der Waals surface area contributed by atoms with Crippen molar-refractivity contribution in [1.29, 1.82) is 0 Å². The van der Waals surface area contributed by atoms with Gasteiger partial charge in [0.2, 0.25) is 0 Å². The Morgan fingerprint density at radius 3 is 2.69 bits per heavy atom. The van der Waals surface area contributed by atoms with Gasteiger partial charge in [-0.15, -0.1) is 0 Å². The largest absolute Gasteiger partial charge is 0.477 e. The molecule has 0 saturated carbocycles. The average molecular weight is 226 g/mol. The van der Waals surface area contributed by atoms with Crippen molar-refractivity contribution in [3.05, 3.63) is 34.9 Å². The van der Waals surface area contributed by atoms with Crippen molar-refractivity contribution in [2.24, 2.45) is 0 Å². The molecule has 2 nitrogen and oxygen atoms in total. The van der Waals surface area contributed by atoms with Gasteiger partial charge >= 0.3 is 11.9 Å². The standard InChI is InChI=1S/C12H12F2O2/c13-12(14,11(15)16)7-8-4-5-9-2-1-3-10(9)6-8/h4-6H,1-3,7H2,(H,15,16). The van der Waals surface area contributed by atoms with E-state index in [1.54, 1.807) is 12.1 Å². The van der Waals surface area contributed by atoms with E-state index in [0.717, 1.165) is 24.8 Å². The van der Waals surface area contributed by atoms with E-state index in [9.17, 15) is 13.6 Å². The SMILES string of the molecule is O=C(O)C(F)(F)Cc1ccc2c(c1)CCC2. The maximum absolute atomic E-state index is 13.0. The summed E-state index contributed by atoms with van der Waals surface area (Å²) < 4.78 is 26.0. The number of aliphatic carboxylic acids is 1. The van der Waals surface area contributed by atoms with Crippen LogP contribution in [0.15, 0.2) is 18.2 Å². The van der Waals surface area contributed by atoms with Gasteiger partial charge in [0.25, 0.3) is 0 Å². The fourth-order valence-corrected chi connectivity index (χ4v) is 2.07. The summed E-state index contributed by atoms with van der Waals surface area (Å²) >= 11 is 0. The Morgan fingerprint density at radius 1 is 1.31 bits per heavy atom. The summed E-state index contributed by atoms with van der Waals surface area (Å²) in [5.41, 5.74) is 2.68. The molecule has 4 heteroatoms. The predicted octanol–water partition coefficient (Wildman–Crippen LogP) is 2.44. The van der Waals surface area contributed by atoms with E-state index in [-0.39, 0.29) is 0 Å². The van der Waals surface area contributed by atoms with Crippen molar-refractivity contribution in [2.75, 3.05) is 0 Å². The fraction of sp³-hybridized carbons (Fsp3) is 0.417. The maximum Gasteiger partial charge on any atom is 0.374 e. The van der Waals surface area contributed by atoms with Crippen LogP contribution < -0.4 is 0 Å². The van der Waals surface area contributed by atoms with Crippen molar-refractivity contribution in [3.63, 3.8) is 0 Å². The van der Waals surface area contributed by atoms with E-state index in [4.69, 9.17) is 5.11 Å². The van der Waals surface area contributed by atoms with Crippen LogP contribution in [0.1, 0.15) is 23.1 Å². The van der Waals surface area contributed by atoms with Crippen LogP contribution in [0.4, 0.5) is 8.78 Å². The molecule has 0 heterocycles. The number of carbonyl (C=O) groups is 1. The molecule has 1 aliphatic carbocycles. The Bertz CT molecular complexity index is 427. The van der Waals surface area contributed by atoms with E-state index in [0.29, 0.717) is 5.56 Å². The summed E-state index contributed by atoms with van der Waals surface area (Å²) in [4.78, 5) is 10.3.